The Morgan fingerprint density at radius 1 is 1.24 bits per heavy atom. The van der Waals surface area contributed by atoms with Gasteiger partial charge in [-0.3, -0.25) is 0 Å². The number of hydrogen-bond donors (Lipinski definition) is 2. The fraction of sp³-hybridized carbons (Fsp3) is 0.533. The van der Waals surface area contributed by atoms with Crippen LogP contribution >= 0.6 is 12.2 Å². The van der Waals surface area contributed by atoms with Crippen molar-refractivity contribution in [2.24, 2.45) is 5.73 Å². The van der Waals surface area contributed by atoms with Crippen molar-refractivity contribution in [3.05, 3.63) is 29.3 Å². The Morgan fingerprint density at radius 3 is 2.43 bits per heavy atom. The molecule has 1 aromatic carbocycles. The number of nitrogens with two attached hydrogens (primary N) is 1. The molecule has 0 aliphatic heterocycles. The van der Waals surface area contributed by atoms with Crippen LogP contribution in [0.4, 0.5) is 0 Å². The van der Waals surface area contributed by atoms with Crippen LogP contribution in [0.1, 0.15) is 43.2 Å². The lowest BCUT2D eigenvalue weighted by Crippen LogP contribution is -2.57. The first-order valence-electron chi connectivity index (χ1n) is 7.18. The van der Waals surface area contributed by atoms with Gasteiger partial charge in [0.1, 0.15) is 0 Å². The van der Waals surface area contributed by atoms with Gasteiger partial charge in [0, 0.05) is 0 Å². The molecule has 1 fully saturated rings. The Hall–Kier alpha value is -0.980. The molecule has 21 heavy (non-hydrogen) atoms. The highest BCUT2D eigenvalue weighted by molar-refractivity contribution is 7.89. The Labute approximate surface area is 132 Å². The molecular weight excluding hydrogens is 304 g/mol. The third-order valence-electron chi connectivity index (χ3n) is 4.14. The summed E-state index contributed by atoms with van der Waals surface area (Å²) in [7, 11) is -3.63. The zero-order valence-electron chi connectivity index (χ0n) is 12.5. The molecule has 1 aromatic rings. The van der Waals surface area contributed by atoms with Gasteiger partial charge in [0.25, 0.3) is 0 Å². The molecule has 1 aliphatic carbocycles. The minimum atomic E-state index is -3.63. The van der Waals surface area contributed by atoms with E-state index in [1.54, 1.807) is 13.0 Å². The second kappa shape index (κ2) is 6.02. The number of thiocarbonyl (C=S) groups is 1. The molecule has 1 saturated carbocycles. The van der Waals surface area contributed by atoms with E-state index >= 15 is 0 Å². The molecule has 6 heteroatoms. The molecule has 0 heterocycles. The van der Waals surface area contributed by atoms with Crippen LogP contribution < -0.4 is 10.5 Å². The Kier molecular flexibility index (Phi) is 4.70. The van der Waals surface area contributed by atoms with Gasteiger partial charge in [-0.15, -0.1) is 0 Å². The lowest BCUT2D eigenvalue weighted by Gasteiger charge is -2.36. The molecule has 0 spiro atoms. The molecule has 0 aromatic heterocycles. The lowest BCUT2D eigenvalue weighted by atomic mass is 9.82. The lowest BCUT2D eigenvalue weighted by molar-refractivity contribution is 0.353. The Balaban J connectivity index is 2.39. The second-order valence-electron chi connectivity index (χ2n) is 5.88. The highest BCUT2D eigenvalue weighted by atomic mass is 32.2. The Morgan fingerprint density at radius 2 is 1.86 bits per heavy atom. The average Bonchev–Trinajstić information content (AvgIpc) is 2.42. The summed E-state index contributed by atoms with van der Waals surface area (Å²) >= 11 is 5.16. The van der Waals surface area contributed by atoms with Gasteiger partial charge in [-0.1, -0.05) is 43.6 Å². The van der Waals surface area contributed by atoms with Gasteiger partial charge < -0.3 is 5.73 Å². The zero-order chi connectivity index (χ0) is 15.7. The minimum Gasteiger partial charge on any atom is -0.392 e. The van der Waals surface area contributed by atoms with Crippen molar-refractivity contribution in [3.8, 4) is 0 Å². The number of rotatable bonds is 4. The van der Waals surface area contributed by atoms with E-state index in [1.165, 1.54) is 0 Å². The average molecular weight is 326 g/mol. The van der Waals surface area contributed by atoms with E-state index in [-0.39, 0.29) is 4.99 Å². The predicted octanol–water partition coefficient (Wildman–Crippen LogP) is 2.57. The molecule has 116 valence electrons. The summed E-state index contributed by atoms with van der Waals surface area (Å²) in [5, 5.41) is 0. The topological polar surface area (TPSA) is 72.2 Å². The third-order valence-corrected chi connectivity index (χ3v) is 6.21. The van der Waals surface area contributed by atoms with Crippen LogP contribution in [0.5, 0.6) is 0 Å². The quantitative estimate of drug-likeness (QED) is 0.834. The van der Waals surface area contributed by atoms with Gasteiger partial charge in [-0.25, -0.2) is 8.42 Å². The van der Waals surface area contributed by atoms with Gasteiger partial charge in [-0.05, 0) is 43.9 Å². The van der Waals surface area contributed by atoms with Crippen molar-refractivity contribution in [1.82, 2.24) is 4.72 Å². The van der Waals surface area contributed by atoms with Crippen LogP contribution in [-0.2, 0) is 10.0 Å². The van der Waals surface area contributed by atoms with Crippen molar-refractivity contribution in [2.75, 3.05) is 0 Å². The molecule has 3 N–H and O–H groups in total. The van der Waals surface area contributed by atoms with E-state index in [0.29, 0.717) is 17.7 Å². The van der Waals surface area contributed by atoms with E-state index in [4.69, 9.17) is 18.0 Å². The van der Waals surface area contributed by atoms with E-state index in [0.717, 1.165) is 30.4 Å². The summed E-state index contributed by atoms with van der Waals surface area (Å²) in [6, 6.07) is 5.41. The van der Waals surface area contributed by atoms with Gasteiger partial charge in [0.05, 0.1) is 15.4 Å². The molecule has 0 unspecified atom stereocenters. The van der Waals surface area contributed by atoms with Crippen LogP contribution in [-0.4, -0.2) is 18.9 Å². The standard InChI is InChI=1S/C15H22N2O2S2/c1-11-6-7-12(2)13(10-11)21(18,19)17-15(14(16)20)8-4-3-5-9-15/h6-7,10,17H,3-5,8-9H2,1-2H3,(H2,16,20). The fourth-order valence-electron chi connectivity index (χ4n) is 2.86. The molecule has 1 aliphatic rings. The number of nitrogens with one attached hydrogen (secondary N) is 1. The number of benzene rings is 1. The normalized spacial score (nSPS) is 18.4. The zero-order valence-corrected chi connectivity index (χ0v) is 14.1. The van der Waals surface area contributed by atoms with Crippen molar-refractivity contribution >= 4 is 27.2 Å². The maximum absolute atomic E-state index is 12.8. The molecule has 0 radical (unpaired) electrons. The van der Waals surface area contributed by atoms with Crippen LogP contribution in [0, 0.1) is 13.8 Å². The summed E-state index contributed by atoms with van der Waals surface area (Å²) in [4.78, 5) is 0.555. The van der Waals surface area contributed by atoms with Crippen LogP contribution in [0.15, 0.2) is 23.1 Å². The highest BCUT2D eigenvalue weighted by Crippen LogP contribution is 2.31. The fourth-order valence-corrected chi connectivity index (χ4v) is 4.95. The Bertz CT molecular complexity index is 648. The maximum atomic E-state index is 12.8. The highest BCUT2D eigenvalue weighted by Gasteiger charge is 2.39. The van der Waals surface area contributed by atoms with Gasteiger partial charge in [-0.2, -0.15) is 4.72 Å². The minimum absolute atomic E-state index is 0.246. The largest absolute Gasteiger partial charge is 0.392 e. The summed E-state index contributed by atoms with van der Waals surface area (Å²) in [6.07, 6.45) is 4.31. The summed E-state index contributed by atoms with van der Waals surface area (Å²) in [5.74, 6) is 0. The van der Waals surface area contributed by atoms with E-state index in [1.807, 2.05) is 19.1 Å². The molecule has 2 rings (SSSR count). The summed E-state index contributed by atoms with van der Waals surface area (Å²) < 4.78 is 28.3. The van der Waals surface area contributed by atoms with E-state index in [9.17, 15) is 8.42 Å². The predicted molar refractivity (Wildman–Crippen MR) is 88.8 cm³/mol. The second-order valence-corrected chi connectivity index (χ2v) is 7.97. The monoisotopic (exact) mass is 326 g/mol. The number of hydrogen-bond acceptors (Lipinski definition) is 3. The molecular formula is C15H22N2O2S2. The van der Waals surface area contributed by atoms with Crippen molar-refractivity contribution in [1.29, 1.82) is 0 Å². The van der Waals surface area contributed by atoms with Crippen molar-refractivity contribution < 1.29 is 8.42 Å². The summed E-state index contributed by atoms with van der Waals surface area (Å²) in [5.41, 5.74) is 6.72. The molecule has 0 saturated heterocycles. The van der Waals surface area contributed by atoms with Crippen LogP contribution in [0.25, 0.3) is 0 Å². The van der Waals surface area contributed by atoms with Gasteiger partial charge >= 0.3 is 0 Å². The number of aryl methyl sites for hydroxylation is 2. The van der Waals surface area contributed by atoms with E-state index in [2.05, 4.69) is 4.72 Å². The smallest absolute Gasteiger partial charge is 0.241 e. The van der Waals surface area contributed by atoms with E-state index < -0.39 is 15.6 Å². The maximum Gasteiger partial charge on any atom is 0.241 e. The molecule has 4 nitrogen and oxygen atoms in total. The summed E-state index contributed by atoms with van der Waals surface area (Å²) in [6.45, 7) is 3.67. The first kappa shape index (κ1) is 16.4. The molecule has 0 bridgehead atoms. The number of sulfonamides is 1. The van der Waals surface area contributed by atoms with Crippen molar-refractivity contribution in [2.45, 2.75) is 56.4 Å². The van der Waals surface area contributed by atoms with Crippen molar-refractivity contribution in [3.63, 3.8) is 0 Å². The third kappa shape index (κ3) is 3.44. The van der Waals surface area contributed by atoms with Crippen LogP contribution in [0.3, 0.4) is 0 Å². The van der Waals surface area contributed by atoms with Gasteiger partial charge in [0.15, 0.2) is 0 Å². The van der Waals surface area contributed by atoms with Crippen LogP contribution in [0.2, 0.25) is 0 Å². The SMILES string of the molecule is Cc1ccc(C)c(S(=O)(=O)NC2(C(N)=S)CCCCC2)c1. The first-order valence-corrected chi connectivity index (χ1v) is 9.07. The molecule has 0 amide bonds. The molecule has 0 atom stereocenters. The first-order chi connectivity index (χ1) is 9.77. The van der Waals surface area contributed by atoms with Gasteiger partial charge in [0.2, 0.25) is 10.0 Å².